The number of nitrogens with one attached hydrogen (secondary N) is 2. The van der Waals surface area contributed by atoms with Crippen molar-refractivity contribution >= 4 is 17.4 Å². The van der Waals surface area contributed by atoms with Gasteiger partial charge in [-0.2, -0.15) is 0 Å². The van der Waals surface area contributed by atoms with Crippen molar-refractivity contribution in [1.82, 2.24) is 14.9 Å². The van der Waals surface area contributed by atoms with Crippen LogP contribution in [0, 0.1) is 15.5 Å². The lowest BCUT2D eigenvalue weighted by Gasteiger charge is -2.31. The maximum Gasteiger partial charge on any atom is 0.319 e. The summed E-state index contributed by atoms with van der Waals surface area (Å²) < 4.78 is 1.89. The number of non-ortho nitro benzene ring substituents is 1. The minimum absolute atomic E-state index is 0.0708. The standard InChI is InChI=1S/C16H21N5O3/c1-16(2,3)14(10-20-8-7-17-11-20)19-15(22)18-12-5-4-6-13(9-12)21(23)24/h4-9,11,14H,10H2,1-3H3,(H2,18,19,22). The number of hydrogen-bond donors (Lipinski definition) is 2. The molecule has 2 amide bonds. The summed E-state index contributed by atoms with van der Waals surface area (Å²) in [4.78, 5) is 26.6. The van der Waals surface area contributed by atoms with Gasteiger partial charge < -0.3 is 15.2 Å². The molecular formula is C16H21N5O3. The predicted octanol–water partition coefficient (Wildman–Crippen LogP) is 3.03. The number of rotatable bonds is 5. The van der Waals surface area contributed by atoms with Crippen molar-refractivity contribution in [3.8, 4) is 0 Å². The van der Waals surface area contributed by atoms with E-state index in [0.29, 0.717) is 12.2 Å². The average molecular weight is 331 g/mol. The van der Waals surface area contributed by atoms with Crippen LogP contribution in [-0.4, -0.2) is 26.5 Å². The number of benzene rings is 1. The van der Waals surface area contributed by atoms with Crippen LogP contribution in [0.15, 0.2) is 43.0 Å². The zero-order valence-electron chi connectivity index (χ0n) is 13.9. The molecule has 1 unspecified atom stereocenters. The van der Waals surface area contributed by atoms with Crippen molar-refractivity contribution < 1.29 is 9.72 Å². The Kier molecular flexibility index (Phi) is 5.18. The van der Waals surface area contributed by atoms with Gasteiger partial charge in [-0.05, 0) is 11.5 Å². The molecule has 2 N–H and O–H groups in total. The Morgan fingerprint density at radius 1 is 1.42 bits per heavy atom. The van der Waals surface area contributed by atoms with Gasteiger partial charge in [-0.15, -0.1) is 0 Å². The molecule has 8 heteroatoms. The van der Waals surface area contributed by atoms with Gasteiger partial charge in [0, 0.05) is 36.8 Å². The van der Waals surface area contributed by atoms with Gasteiger partial charge in [0.1, 0.15) is 0 Å². The maximum atomic E-state index is 12.3. The van der Waals surface area contributed by atoms with Crippen LogP contribution in [0.25, 0.3) is 0 Å². The first-order valence-electron chi connectivity index (χ1n) is 7.53. The lowest BCUT2D eigenvalue weighted by Crippen LogP contribution is -2.47. The van der Waals surface area contributed by atoms with Crippen molar-refractivity contribution in [2.75, 3.05) is 5.32 Å². The molecule has 0 spiro atoms. The second-order valence-corrected chi connectivity index (χ2v) is 6.58. The van der Waals surface area contributed by atoms with E-state index in [4.69, 9.17) is 0 Å². The smallest absolute Gasteiger partial charge is 0.319 e. The average Bonchev–Trinajstić information content (AvgIpc) is 2.99. The Balaban J connectivity index is 2.05. The number of carbonyl (C=O) groups excluding carboxylic acids is 1. The lowest BCUT2D eigenvalue weighted by atomic mass is 9.86. The molecule has 1 atom stereocenters. The second kappa shape index (κ2) is 7.12. The number of amides is 2. The summed E-state index contributed by atoms with van der Waals surface area (Å²) in [6.45, 7) is 6.67. The normalized spacial score (nSPS) is 12.5. The Hall–Kier alpha value is -2.90. The summed E-state index contributed by atoms with van der Waals surface area (Å²) in [6.07, 6.45) is 5.21. The van der Waals surface area contributed by atoms with E-state index in [2.05, 4.69) is 15.6 Å². The lowest BCUT2D eigenvalue weighted by molar-refractivity contribution is -0.384. The molecule has 1 heterocycles. The third-order valence-corrected chi connectivity index (χ3v) is 3.62. The summed E-state index contributed by atoms with van der Waals surface area (Å²) in [6, 6.07) is 5.28. The number of nitrogens with zero attached hydrogens (tertiary/aromatic N) is 3. The zero-order chi connectivity index (χ0) is 17.7. The highest BCUT2D eigenvalue weighted by Crippen LogP contribution is 2.21. The monoisotopic (exact) mass is 331 g/mol. The SMILES string of the molecule is CC(C)(C)C(Cn1ccnc1)NC(=O)Nc1cccc([N+](=O)[O-])c1. The molecule has 128 valence electrons. The van der Waals surface area contributed by atoms with Crippen LogP contribution in [0.1, 0.15) is 20.8 Å². The summed E-state index contributed by atoms with van der Waals surface area (Å²) in [5.41, 5.74) is 0.125. The van der Waals surface area contributed by atoms with Gasteiger partial charge in [0.05, 0.1) is 17.3 Å². The number of nitro benzene ring substituents is 1. The van der Waals surface area contributed by atoms with Gasteiger partial charge in [-0.1, -0.05) is 26.8 Å². The number of hydrogen-bond acceptors (Lipinski definition) is 4. The largest absolute Gasteiger partial charge is 0.335 e. The molecular weight excluding hydrogens is 310 g/mol. The molecule has 8 nitrogen and oxygen atoms in total. The van der Waals surface area contributed by atoms with Crippen LogP contribution in [0.5, 0.6) is 0 Å². The number of carbonyl (C=O) groups is 1. The fraction of sp³-hybridized carbons (Fsp3) is 0.375. The molecule has 0 saturated carbocycles. The first-order chi connectivity index (χ1) is 11.3. The Labute approximate surface area is 140 Å². The molecule has 0 bridgehead atoms. The molecule has 1 aromatic carbocycles. The van der Waals surface area contributed by atoms with Crippen LogP contribution >= 0.6 is 0 Å². The molecule has 0 fully saturated rings. The van der Waals surface area contributed by atoms with Crippen LogP contribution < -0.4 is 10.6 Å². The van der Waals surface area contributed by atoms with Gasteiger partial charge in [0.2, 0.25) is 0 Å². The number of nitro groups is 1. The third kappa shape index (κ3) is 4.80. The molecule has 0 aliphatic rings. The molecule has 1 aromatic heterocycles. The van der Waals surface area contributed by atoms with E-state index in [9.17, 15) is 14.9 Å². The predicted molar refractivity (Wildman–Crippen MR) is 90.7 cm³/mol. The van der Waals surface area contributed by atoms with Crippen LogP contribution in [0.2, 0.25) is 0 Å². The highest BCUT2D eigenvalue weighted by Gasteiger charge is 2.26. The Morgan fingerprint density at radius 3 is 2.75 bits per heavy atom. The van der Waals surface area contributed by atoms with Crippen LogP contribution in [0.4, 0.5) is 16.2 Å². The van der Waals surface area contributed by atoms with Gasteiger partial charge in [-0.3, -0.25) is 10.1 Å². The minimum atomic E-state index is -0.500. The van der Waals surface area contributed by atoms with Crippen molar-refractivity contribution in [2.24, 2.45) is 5.41 Å². The number of anilines is 1. The quantitative estimate of drug-likeness (QED) is 0.649. The molecule has 0 aliphatic heterocycles. The molecule has 2 rings (SSSR count). The number of imidazole rings is 1. The molecule has 2 aromatic rings. The van der Waals surface area contributed by atoms with Crippen molar-refractivity contribution in [3.63, 3.8) is 0 Å². The van der Waals surface area contributed by atoms with Crippen molar-refractivity contribution in [1.29, 1.82) is 0 Å². The number of urea groups is 1. The molecule has 0 aliphatic carbocycles. The molecule has 0 radical (unpaired) electrons. The highest BCUT2D eigenvalue weighted by atomic mass is 16.6. The van der Waals surface area contributed by atoms with Gasteiger partial charge in [0.25, 0.3) is 5.69 Å². The minimum Gasteiger partial charge on any atom is -0.335 e. The topological polar surface area (TPSA) is 102 Å². The molecule has 0 saturated heterocycles. The van der Waals surface area contributed by atoms with E-state index in [-0.39, 0.29) is 17.1 Å². The van der Waals surface area contributed by atoms with Gasteiger partial charge in [-0.25, -0.2) is 9.78 Å². The van der Waals surface area contributed by atoms with Crippen molar-refractivity contribution in [2.45, 2.75) is 33.4 Å². The van der Waals surface area contributed by atoms with E-state index in [1.54, 1.807) is 18.6 Å². The summed E-state index contributed by atoms with van der Waals surface area (Å²) in [7, 11) is 0. The van der Waals surface area contributed by atoms with E-state index in [1.165, 1.54) is 18.2 Å². The van der Waals surface area contributed by atoms with Gasteiger partial charge >= 0.3 is 6.03 Å². The van der Waals surface area contributed by atoms with Crippen LogP contribution in [-0.2, 0) is 6.54 Å². The van der Waals surface area contributed by atoms with E-state index in [1.807, 2.05) is 31.5 Å². The zero-order valence-corrected chi connectivity index (χ0v) is 13.9. The Morgan fingerprint density at radius 2 is 2.17 bits per heavy atom. The highest BCUT2D eigenvalue weighted by molar-refractivity contribution is 5.89. The summed E-state index contributed by atoms with van der Waals surface area (Å²) >= 11 is 0. The first kappa shape index (κ1) is 17.5. The number of aromatic nitrogens is 2. The maximum absolute atomic E-state index is 12.3. The summed E-state index contributed by atoms with van der Waals surface area (Å²) in [5, 5.41) is 16.4. The Bertz CT molecular complexity index is 707. The van der Waals surface area contributed by atoms with E-state index >= 15 is 0 Å². The first-order valence-corrected chi connectivity index (χ1v) is 7.53. The van der Waals surface area contributed by atoms with Crippen LogP contribution in [0.3, 0.4) is 0 Å². The fourth-order valence-electron chi connectivity index (χ4n) is 2.16. The third-order valence-electron chi connectivity index (χ3n) is 3.62. The van der Waals surface area contributed by atoms with E-state index in [0.717, 1.165) is 0 Å². The van der Waals surface area contributed by atoms with Crippen molar-refractivity contribution in [3.05, 3.63) is 53.1 Å². The fourth-order valence-corrected chi connectivity index (χ4v) is 2.16. The second-order valence-electron chi connectivity index (χ2n) is 6.58. The summed E-state index contributed by atoms with van der Waals surface area (Å²) in [5.74, 6) is 0. The van der Waals surface area contributed by atoms with E-state index < -0.39 is 11.0 Å². The van der Waals surface area contributed by atoms with Gasteiger partial charge in [0.15, 0.2) is 0 Å². The molecule has 24 heavy (non-hydrogen) atoms.